The molecule has 0 bridgehead atoms. The number of hydrogen-bond acceptors (Lipinski definition) is 6. The zero-order valence-corrected chi connectivity index (χ0v) is 19.3. The number of primary amides is 1. The number of nitrogens with zero attached hydrogens (tertiary/aromatic N) is 1. The Morgan fingerprint density at radius 3 is 2.25 bits per heavy atom. The average Bonchev–Trinajstić information content (AvgIpc) is 2.83. The first-order valence-electron chi connectivity index (χ1n) is 11.0. The third kappa shape index (κ3) is 6.03. The summed E-state index contributed by atoms with van der Waals surface area (Å²) in [6, 6.07) is 10.9. The highest BCUT2D eigenvalue weighted by atomic mass is 16.4. The first kappa shape index (κ1) is 25.9. The van der Waals surface area contributed by atoms with Gasteiger partial charge < -0.3 is 26.5 Å². The van der Waals surface area contributed by atoms with Crippen LogP contribution in [0.2, 0.25) is 0 Å². The summed E-state index contributed by atoms with van der Waals surface area (Å²) in [7, 11) is 0. The van der Waals surface area contributed by atoms with Crippen LogP contribution in [-0.2, 0) is 25.6 Å². The quantitative estimate of drug-likeness (QED) is 0.248. The molecule has 36 heavy (non-hydrogen) atoms. The highest BCUT2D eigenvalue weighted by Crippen LogP contribution is 2.14. The molecule has 0 aliphatic carbocycles. The summed E-state index contributed by atoms with van der Waals surface area (Å²) in [5, 5.41) is 14.0. The molecule has 0 spiro atoms. The second kappa shape index (κ2) is 11.1. The number of amides is 3. The number of nitrogens with two attached hydrogens (primary N) is 1. The van der Waals surface area contributed by atoms with E-state index >= 15 is 0 Å². The van der Waals surface area contributed by atoms with Crippen LogP contribution in [0.5, 0.6) is 0 Å². The van der Waals surface area contributed by atoms with E-state index in [0.29, 0.717) is 11.1 Å². The molecule has 0 radical (unpaired) electrons. The predicted octanol–water partition coefficient (Wildman–Crippen LogP) is -0.577. The zero-order chi connectivity index (χ0) is 26.4. The lowest BCUT2D eigenvalue weighted by molar-refractivity contribution is -0.143. The first-order chi connectivity index (χ1) is 17.1. The molecule has 188 valence electrons. The number of para-hydroxylation sites is 1. The number of carbonyl (C=O) groups is 4. The van der Waals surface area contributed by atoms with Crippen LogP contribution in [0.25, 0.3) is 10.9 Å². The predicted molar refractivity (Wildman–Crippen MR) is 129 cm³/mol. The molecule has 3 amide bonds. The fourth-order valence-electron chi connectivity index (χ4n) is 3.67. The topological polar surface area (TPSA) is 193 Å². The number of carboxylic acids is 1. The summed E-state index contributed by atoms with van der Waals surface area (Å²) in [5.74, 6) is -4.12. The largest absolute Gasteiger partial charge is 0.480 e. The van der Waals surface area contributed by atoms with Crippen LogP contribution in [0.15, 0.2) is 64.2 Å². The van der Waals surface area contributed by atoms with Gasteiger partial charge in [-0.2, -0.15) is 0 Å². The van der Waals surface area contributed by atoms with Gasteiger partial charge >= 0.3 is 11.7 Å². The number of nitrogens with one attached hydrogen (secondary N) is 3. The third-order valence-corrected chi connectivity index (χ3v) is 5.49. The van der Waals surface area contributed by atoms with Crippen molar-refractivity contribution in [3.05, 3.63) is 81.0 Å². The second-order valence-corrected chi connectivity index (χ2v) is 8.16. The van der Waals surface area contributed by atoms with Crippen molar-refractivity contribution in [3.8, 4) is 0 Å². The van der Waals surface area contributed by atoms with Crippen molar-refractivity contribution in [2.75, 3.05) is 0 Å². The Hall–Kier alpha value is -4.74. The van der Waals surface area contributed by atoms with Crippen molar-refractivity contribution in [1.29, 1.82) is 0 Å². The number of aliphatic carboxylic acids is 1. The Balaban J connectivity index is 1.93. The number of aromatic nitrogens is 2. The molecule has 6 N–H and O–H groups in total. The Kier molecular flexibility index (Phi) is 8.00. The number of benzene rings is 2. The standard InChI is InChI=1S/C24H25N5O7/c1-13(20(31)27-17(23(34)35)12-19(25)30)26-21(32)18(11-14-7-3-2-4-8-14)29-22(33)15-9-5-6-10-16(15)28-24(29)36/h2-10,13,17-18H,11-12H2,1H3,(H2,25,30)(H,26,32)(H,27,31)(H,28,36)(H,34,35). The van der Waals surface area contributed by atoms with Crippen molar-refractivity contribution in [1.82, 2.24) is 20.2 Å². The summed E-state index contributed by atoms with van der Waals surface area (Å²) in [6.45, 7) is 1.30. The highest BCUT2D eigenvalue weighted by molar-refractivity contribution is 5.92. The van der Waals surface area contributed by atoms with Gasteiger partial charge in [0.25, 0.3) is 5.56 Å². The molecule has 0 fully saturated rings. The molecule has 3 unspecified atom stereocenters. The monoisotopic (exact) mass is 495 g/mol. The number of rotatable bonds is 10. The van der Waals surface area contributed by atoms with Gasteiger partial charge in [-0.05, 0) is 24.6 Å². The minimum atomic E-state index is -1.58. The van der Waals surface area contributed by atoms with Crippen molar-refractivity contribution in [2.24, 2.45) is 5.73 Å². The zero-order valence-electron chi connectivity index (χ0n) is 19.3. The lowest BCUT2D eigenvalue weighted by Gasteiger charge is -2.22. The van der Waals surface area contributed by atoms with E-state index in [0.717, 1.165) is 4.57 Å². The highest BCUT2D eigenvalue weighted by Gasteiger charge is 2.30. The van der Waals surface area contributed by atoms with E-state index in [2.05, 4.69) is 15.6 Å². The maximum Gasteiger partial charge on any atom is 0.329 e. The van der Waals surface area contributed by atoms with E-state index in [1.165, 1.54) is 13.0 Å². The maximum absolute atomic E-state index is 13.3. The van der Waals surface area contributed by atoms with Gasteiger partial charge in [0.2, 0.25) is 17.7 Å². The molecule has 1 aromatic heterocycles. The van der Waals surface area contributed by atoms with Crippen LogP contribution < -0.4 is 27.6 Å². The van der Waals surface area contributed by atoms with E-state index in [9.17, 15) is 33.9 Å². The molecule has 3 atom stereocenters. The Bertz CT molecular complexity index is 1410. The van der Waals surface area contributed by atoms with Gasteiger partial charge in [0.1, 0.15) is 18.1 Å². The van der Waals surface area contributed by atoms with E-state index < -0.39 is 59.5 Å². The summed E-state index contributed by atoms with van der Waals surface area (Å²) in [4.78, 5) is 76.9. The number of carbonyl (C=O) groups excluding carboxylic acids is 3. The summed E-state index contributed by atoms with van der Waals surface area (Å²) in [5.41, 5.74) is 4.49. The third-order valence-electron chi connectivity index (χ3n) is 5.49. The fourth-order valence-corrected chi connectivity index (χ4v) is 3.67. The molecular formula is C24H25N5O7. The van der Waals surface area contributed by atoms with Crippen LogP contribution >= 0.6 is 0 Å². The van der Waals surface area contributed by atoms with E-state index in [4.69, 9.17) is 5.73 Å². The molecule has 12 nitrogen and oxygen atoms in total. The number of carboxylic acid groups (broad SMARTS) is 1. The van der Waals surface area contributed by atoms with E-state index in [-0.39, 0.29) is 11.8 Å². The Morgan fingerprint density at radius 1 is 0.972 bits per heavy atom. The molecule has 0 aliphatic heterocycles. The summed E-state index contributed by atoms with van der Waals surface area (Å²) in [6.07, 6.45) is -0.679. The van der Waals surface area contributed by atoms with Crippen LogP contribution in [0.4, 0.5) is 0 Å². The van der Waals surface area contributed by atoms with Gasteiger partial charge in [0, 0.05) is 6.42 Å². The van der Waals surface area contributed by atoms with Crippen molar-refractivity contribution in [3.63, 3.8) is 0 Å². The second-order valence-electron chi connectivity index (χ2n) is 8.16. The first-order valence-corrected chi connectivity index (χ1v) is 11.0. The van der Waals surface area contributed by atoms with Crippen molar-refractivity contribution in [2.45, 2.75) is 37.9 Å². The summed E-state index contributed by atoms with van der Waals surface area (Å²) < 4.78 is 0.794. The summed E-state index contributed by atoms with van der Waals surface area (Å²) >= 11 is 0. The molecule has 0 aliphatic rings. The molecule has 1 heterocycles. The van der Waals surface area contributed by atoms with Crippen LogP contribution in [0, 0.1) is 0 Å². The number of hydrogen-bond donors (Lipinski definition) is 5. The minimum absolute atomic E-state index is 0.0399. The van der Waals surface area contributed by atoms with E-state index in [1.807, 2.05) is 0 Å². The molecule has 0 saturated carbocycles. The smallest absolute Gasteiger partial charge is 0.329 e. The molecule has 3 aromatic rings. The molecule has 3 rings (SSSR count). The van der Waals surface area contributed by atoms with Crippen LogP contribution in [0.1, 0.15) is 24.9 Å². The minimum Gasteiger partial charge on any atom is -0.480 e. The normalized spacial score (nSPS) is 13.4. The van der Waals surface area contributed by atoms with Gasteiger partial charge in [0.05, 0.1) is 17.3 Å². The molecule has 2 aromatic carbocycles. The van der Waals surface area contributed by atoms with Gasteiger partial charge in [-0.15, -0.1) is 0 Å². The lowest BCUT2D eigenvalue weighted by atomic mass is 10.0. The molecule has 0 saturated heterocycles. The number of fused-ring (bicyclic) bond motifs is 1. The SMILES string of the molecule is CC(NC(=O)C(Cc1ccccc1)n1c(=O)[nH]c2ccccc2c1=O)C(=O)NC(CC(N)=O)C(=O)O. The van der Waals surface area contributed by atoms with Gasteiger partial charge in [0.15, 0.2) is 0 Å². The van der Waals surface area contributed by atoms with Crippen molar-refractivity contribution < 1.29 is 24.3 Å². The number of H-pyrrole nitrogens is 1. The van der Waals surface area contributed by atoms with Crippen molar-refractivity contribution >= 4 is 34.6 Å². The molecule has 12 heteroatoms. The maximum atomic E-state index is 13.3. The Labute approximate surface area is 204 Å². The lowest BCUT2D eigenvalue weighted by Crippen LogP contribution is -2.53. The average molecular weight is 495 g/mol. The fraction of sp³-hybridized carbons (Fsp3) is 0.250. The van der Waals surface area contributed by atoms with Gasteiger partial charge in [-0.1, -0.05) is 42.5 Å². The van der Waals surface area contributed by atoms with E-state index in [1.54, 1.807) is 48.5 Å². The number of aromatic amines is 1. The molecular weight excluding hydrogens is 470 g/mol. The van der Waals surface area contributed by atoms with Gasteiger partial charge in [-0.25, -0.2) is 14.2 Å². The van der Waals surface area contributed by atoms with Crippen LogP contribution in [0.3, 0.4) is 0 Å². The van der Waals surface area contributed by atoms with Gasteiger partial charge in [-0.3, -0.25) is 19.2 Å². The van der Waals surface area contributed by atoms with Crippen LogP contribution in [-0.4, -0.2) is 50.4 Å². The Morgan fingerprint density at radius 2 is 1.61 bits per heavy atom.